The van der Waals surface area contributed by atoms with Gasteiger partial charge in [-0.05, 0) is 77.0 Å². The maximum atomic E-state index is 13.0. The number of phosphoric ester groups is 1. The molecule has 0 aromatic carbocycles. The van der Waals surface area contributed by atoms with Gasteiger partial charge >= 0.3 is 7.82 Å². The predicted octanol–water partition coefficient (Wildman–Crippen LogP) is 8.87. The largest absolute Gasteiger partial charge is 0.472 e. The van der Waals surface area contributed by atoms with Crippen LogP contribution < -0.4 is 5.32 Å². The molecule has 8 atom stereocenters. The first-order valence-corrected chi connectivity index (χ1v) is 26.3. The molecule has 9 N–H and O–H groups in total. The molecule has 1 saturated carbocycles. The Kier molecular flexibility index (Phi) is 36.6. The molecule has 0 aliphatic heterocycles. The second kappa shape index (κ2) is 39.0. The van der Waals surface area contributed by atoms with Gasteiger partial charge in [-0.3, -0.25) is 13.8 Å². The van der Waals surface area contributed by atoms with E-state index in [1.807, 2.05) is 0 Å². The molecule has 14 heteroatoms. The number of rotatable bonds is 40. The van der Waals surface area contributed by atoms with Gasteiger partial charge in [-0.25, -0.2) is 4.57 Å². The number of aliphatic hydroxyl groups is 7. The third-order valence-electron chi connectivity index (χ3n) is 11.6. The highest BCUT2D eigenvalue weighted by Crippen LogP contribution is 2.47. The van der Waals surface area contributed by atoms with Crippen molar-refractivity contribution in [1.29, 1.82) is 0 Å². The Morgan fingerprint density at radius 1 is 0.562 bits per heavy atom. The highest BCUT2D eigenvalue weighted by atomic mass is 31.2. The predicted molar refractivity (Wildman–Crippen MR) is 256 cm³/mol. The van der Waals surface area contributed by atoms with Crippen LogP contribution in [0.3, 0.4) is 0 Å². The number of allylic oxidation sites excluding steroid dienone is 9. The molecule has 0 radical (unpaired) electrons. The van der Waals surface area contributed by atoms with Crippen LogP contribution in [0.4, 0.5) is 0 Å². The van der Waals surface area contributed by atoms with Gasteiger partial charge in [0.15, 0.2) is 0 Å². The zero-order chi connectivity index (χ0) is 47.3. The number of nitrogens with one attached hydrogen (secondary N) is 1. The fourth-order valence-corrected chi connectivity index (χ4v) is 8.44. The summed E-state index contributed by atoms with van der Waals surface area (Å²) in [6.45, 7) is 3.69. The first kappa shape index (κ1) is 60.0. The summed E-state index contributed by atoms with van der Waals surface area (Å²) in [7, 11) is -5.16. The molecule has 1 rings (SSSR count). The summed E-state index contributed by atoms with van der Waals surface area (Å²) in [5.74, 6) is -0.617. The molecular weight excluding hydrogens is 838 g/mol. The van der Waals surface area contributed by atoms with E-state index in [4.69, 9.17) is 9.05 Å². The number of amides is 1. The summed E-state index contributed by atoms with van der Waals surface area (Å²) in [5, 5.41) is 74.5. The Hall–Kier alpha value is -2.00. The number of hydrogen-bond donors (Lipinski definition) is 9. The van der Waals surface area contributed by atoms with Gasteiger partial charge in [0.2, 0.25) is 5.91 Å². The van der Waals surface area contributed by atoms with E-state index in [0.717, 1.165) is 70.6 Å². The molecule has 64 heavy (non-hydrogen) atoms. The van der Waals surface area contributed by atoms with Gasteiger partial charge < -0.3 is 46.0 Å². The van der Waals surface area contributed by atoms with Gasteiger partial charge in [-0.1, -0.05) is 164 Å². The van der Waals surface area contributed by atoms with E-state index in [1.165, 1.54) is 83.1 Å². The topological polar surface area (TPSA) is 226 Å². The van der Waals surface area contributed by atoms with Crippen LogP contribution in [0.5, 0.6) is 0 Å². The first-order valence-electron chi connectivity index (χ1n) is 24.8. The van der Waals surface area contributed by atoms with Crippen LogP contribution >= 0.6 is 7.82 Å². The Morgan fingerprint density at radius 2 is 0.969 bits per heavy atom. The van der Waals surface area contributed by atoms with E-state index in [2.05, 4.69) is 67.8 Å². The van der Waals surface area contributed by atoms with Crippen molar-refractivity contribution in [3.8, 4) is 0 Å². The van der Waals surface area contributed by atoms with Crippen LogP contribution in [0.25, 0.3) is 0 Å². The lowest BCUT2D eigenvalue weighted by atomic mass is 9.85. The van der Waals surface area contributed by atoms with Gasteiger partial charge in [0.25, 0.3) is 0 Å². The van der Waals surface area contributed by atoms with Crippen molar-refractivity contribution in [2.75, 3.05) is 6.61 Å². The van der Waals surface area contributed by atoms with Crippen LogP contribution in [0.2, 0.25) is 0 Å². The fourth-order valence-electron chi connectivity index (χ4n) is 7.48. The quantitative estimate of drug-likeness (QED) is 0.0160. The van der Waals surface area contributed by atoms with Crippen LogP contribution in [0.1, 0.15) is 187 Å². The molecule has 372 valence electrons. The van der Waals surface area contributed by atoms with Crippen LogP contribution in [0.15, 0.2) is 60.8 Å². The lowest BCUT2D eigenvalue weighted by Gasteiger charge is -2.41. The van der Waals surface area contributed by atoms with Gasteiger partial charge in [-0.15, -0.1) is 0 Å². The summed E-state index contributed by atoms with van der Waals surface area (Å²) in [5.41, 5.74) is 0. The Balaban J connectivity index is 2.57. The molecule has 0 heterocycles. The van der Waals surface area contributed by atoms with Gasteiger partial charge in [0, 0.05) is 0 Å². The minimum atomic E-state index is -5.16. The SMILES string of the molecule is CCCCC/C=C\C/C=C\CCCCCCCC(O)CC(=O)NC(COP(=O)(O)OC1C(O)C(O)C(O)C(O)C1O)C(O)/C=C/CC/C=C/CC/C=C/CCCCCCCCCCC. The summed E-state index contributed by atoms with van der Waals surface area (Å²) in [6.07, 6.45) is 34.4. The zero-order valence-electron chi connectivity index (χ0n) is 39.4. The number of carbonyl (C=O) groups is 1. The molecule has 0 bridgehead atoms. The second-order valence-electron chi connectivity index (χ2n) is 17.5. The number of carbonyl (C=O) groups excluding carboxylic acids is 1. The van der Waals surface area contributed by atoms with E-state index in [9.17, 15) is 50.0 Å². The van der Waals surface area contributed by atoms with E-state index in [0.29, 0.717) is 19.3 Å². The number of unbranched alkanes of at least 4 members (excludes halogenated alkanes) is 19. The molecular formula is C50H90NO12P. The van der Waals surface area contributed by atoms with Gasteiger partial charge in [-0.2, -0.15) is 0 Å². The van der Waals surface area contributed by atoms with Crippen LogP contribution in [0, 0.1) is 0 Å². The fraction of sp³-hybridized carbons (Fsp3) is 0.780. The summed E-state index contributed by atoms with van der Waals surface area (Å²) < 4.78 is 22.9. The summed E-state index contributed by atoms with van der Waals surface area (Å²) >= 11 is 0. The lowest BCUT2D eigenvalue weighted by molar-refractivity contribution is -0.220. The van der Waals surface area contributed by atoms with Crippen molar-refractivity contribution in [3.05, 3.63) is 60.8 Å². The minimum absolute atomic E-state index is 0.268. The Bertz CT molecular complexity index is 1330. The second-order valence-corrected chi connectivity index (χ2v) is 18.9. The normalized spacial score (nSPS) is 23.2. The van der Waals surface area contributed by atoms with Crippen LogP contribution in [-0.4, -0.2) is 108 Å². The van der Waals surface area contributed by atoms with Crippen molar-refractivity contribution in [2.45, 2.75) is 242 Å². The highest BCUT2D eigenvalue weighted by molar-refractivity contribution is 7.47. The molecule has 1 fully saturated rings. The monoisotopic (exact) mass is 928 g/mol. The van der Waals surface area contributed by atoms with Crippen molar-refractivity contribution in [1.82, 2.24) is 5.32 Å². The smallest absolute Gasteiger partial charge is 0.393 e. The average molecular weight is 928 g/mol. The first-order chi connectivity index (χ1) is 30.8. The molecule has 1 amide bonds. The van der Waals surface area contributed by atoms with Crippen molar-refractivity contribution in [3.63, 3.8) is 0 Å². The lowest BCUT2D eigenvalue weighted by Crippen LogP contribution is -2.64. The Labute approximate surface area is 386 Å². The average Bonchev–Trinajstić information content (AvgIpc) is 3.27. The van der Waals surface area contributed by atoms with Gasteiger partial charge in [0.1, 0.15) is 36.6 Å². The minimum Gasteiger partial charge on any atom is -0.393 e. The molecule has 13 nitrogen and oxygen atoms in total. The molecule has 1 aliphatic rings. The highest BCUT2D eigenvalue weighted by Gasteiger charge is 2.51. The molecule has 1 aliphatic carbocycles. The van der Waals surface area contributed by atoms with E-state index < -0.39 is 75.2 Å². The number of hydrogen-bond acceptors (Lipinski definition) is 11. The van der Waals surface area contributed by atoms with Crippen LogP contribution in [-0.2, 0) is 18.4 Å². The zero-order valence-corrected chi connectivity index (χ0v) is 40.3. The van der Waals surface area contributed by atoms with E-state index in [-0.39, 0.29) is 6.42 Å². The maximum absolute atomic E-state index is 13.0. The number of phosphoric acid groups is 1. The summed E-state index contributed by atoms with van der Waals surface area (Å²) in [4.78, 5) is 23.5. The maximum Gasteiger partial charge on any atom is 0.472 e. The molecule has 0 aromatic heterocycles. The van der Waals surface area contributed by atoms with Gasteiger partial charge in [0.05, 0.1) is 31.3 Å². The van der Waals surface area contributed by atoms with E-state index in [1.54, 1.807) is 6.08 Å². The Morgan fingerprint density at radius 3 is 1.50 bits per heavy atom. The van der Waals surface area contributed by atoms with E-state index >= 15 is 0 Å². The molecule has 8 unspecified atom stereocenters. The third kappa shape index (κ3) is 30.3. The molecule has 0 spiro atoms. The third-order valence-corrected chi connectivity index (χ3v) is 12.5. The van der Waals surface area contributed by atoms with Crippen molar-refractivity contribution in [2.24, 2.45) is 0 Å². The molecule has 0 saturated heterocycles. The summed E-state index contributed by atoms with van der Waals surface area (Å²) in [6, 6.07) is -1.27. The van der Waals surface area contributed by atoms with Crippen molar-refractivity contribution >= 4 is 13.7 Å². The molecule has 0 aromatic rings. The number of aliphatic hydroxyl groups excluding tert-OH is 7. The van der Waals surface area contributed by atoms with Crippen molar-refractivity contribution < 1.29 is 59.0 Å². The standard InChI is InChI=1S/C50H90NO12P/c1-3-5-7-9-11-13-15-17-19-20-21-22-24-26-28-30-32-34-36-38-43(53)42(40-62-64(60,61)63-50-48(58)46(56)45(55)47(57)49(50)59)51-44(54)39-41(52)37-35-33-31-29-27-25-23-18-16-14-12-10-8-6-4-2/h12,14,18,21-23,28,30,36,38,41-43,45-50,52-53,55-59H,3-11,13,15-17,19-20,24-27,29,31-35,37,39-40H2,1-2H3,(H,51,54)(H,60,61)/b14-12-,22-21+,23-18-,30-28+,38-36+.